The van der Waals surface area contributed by atoms with Crippen LogP contribution in [0.3, 0.4) is 0 Å². The molecular formula is C12H9FN2S. The van der Waals surface area contributed by atoms with Gasteiger partial charge in [-0.25, -0.2) is 4.39 Å². The van der Waals surface area contributed by atoms with Gasteiger partial charge < -0.3 is 5.32 Å². The van der Waals surface area contributed by atoms with Gasteiger partial charge >= 0.3 is 0 Å². The number of nitrogens with one attached hydrogen (secondary N) is 1. The van der Waals surface area contributed by atoms with Gasteiger partial charge in [-0.15, -0.1) is 0 Å². The van der Waals surface area contributed by atoms with Crippen LogP contribution in [-0.4, -0.2) is 0 Å². The third-order valence-electron chi connectivity index (χ3n) is 2.17. The minimum Gasteiger partial charge on any atom is -0.380 e. The summed E-state index contributed by atoms with van der Waals surface area (Å²) in [7, 11) is 0. The number of nitrogens with zero attached hydrogens (tertiary/aromatic N) is 1. The van der Waals surface area contributed by atoms with Crippen molar-refractivity contribution in [2.75, 3.05) is 5.32 Å². The van der Waals surface area contributed by atoms with Gasteiger partial charge in [0.15, 0.2) is 0 Å². The lowest BCUT2D eigenvalue weighted by atomic mass is 10.1. The smallest absolute Gasteiger partial charge is 0.140 e. The summed E-state index contributed by atoms with van der Waals surface area (Å²) in [5, 5.41) is 15.9. The second kappa shape index (κ2) is 4.77. The molecule has 0 radical (unpaired) electrons. The number of benzene rings is 1. The van der Waals surface area contributed by atoms with Crippen LogP contribution < -0.4 is 5.32 Å². The Balaban J connectivity index is 2.08. The largest absolute Gasteiger partial charge is 0.380 e. The van der Waals surface area contributed by atoms with E-state index in [1.54, 1.807) is 23.5 Å². The van der Waals surface area contributed by atoms with E-state index in [-0.39, 0.29) is 5.56 Å². The summed E-state index contributed by atoms with van der Waals surface area (Å²) < 4.78 is 13.0. The maximum absolute atomic E-state index is 13.0. The molecule has 0 fully saturated rings. The second-order valence-electron chi connectivity index (χ2n) is 3.29. The summed E-state index contributed by atoms with van der Waals surface area (Å²) in [6.45, 7) is 0.589. The molecule has 0 saturated heterocycles. The van der Waals surface area contributed by atoms with Crippen LogP contribution in [0, 0.1) is 17.1 Å². The standard InChI is InChI=1S/C12H9FN2S/c13-12-2-1-9(5-10(12)6-14)7-15-11-3-4-16-8-11/h1-5,8,15H,7H2. The Morgan fingerprint density at radius 2 is 2.25 bits per heavy atom. The zero-order valence-corrected chi connectivity index (χ0v) is 9.22. The molecule has 0 aliphatic carbocycles. The van der Waals surface area contributed by atoms with E-state index in [9.17, 15) is 4.39 Å². The molecule has 1 N–H and O–H groups in total. The molecule has 0 amide bonds. The van der Waals surface area contributed by atoms with Gasteiger partial charge in [0.25, 0.3) is 0 Å². The van der Waals surface area contributed by atoms with Crippen LogP contribution in [0.2, 0.25) is 0 Å². The molecule has 1 aromatic heterocycles. The van der Waals surface area contributed by atoms with Crippen molar-refractivity contribution >= 4 is 17.0 Å². The lowest BCUT2D eigenvalue weighted by molar-refractivity contribution is 0.623. The summed E-state index contributed by atoms with van der Waals surface area (Å²) in [4.78, 5) is 0. The summed E-state index contributed by atoms with van der Waals surface area (Å²) in [5.74, 6) is -0.471. The van der Waals surface area contributed by atoms with Gasteiger partial charge in [0.05, 0.1) is 5.56 Å². The van der Waals surface area contributed by atoms with Crippen molar-refractivity contribution in [3.05, 3.63) is 52.0 Å². The predicted octanol–water partition coefficient (Wildman–Crippen LogP) is 3.37. The van der Waals surface area contributed by atoms with Crippen molar-refractivity contribution in [1.29, 1.82) is 5.26 Å². The molecule has 0 aliphatic heterocycles. The molecule has 1 heterocycles. The zero-order valence-electron chi connectivity index (χ0n) is 8.40. The quantitative estimate of drug-likeness (QED) is 0.880. The van der Waals surface area contributed by atoms with Gasteiger partial charge in [-0.05, 0) is 29.1 Å². The molecule has 1 aromatic carbocycles. The summed E-state index contributed by atoms with van der Waals surface area (Å²) in [6.07, 6.45) is 0. The van der Waals surface area contributed by atoms with E-state index in [1.165, 1.54) is 6.07 Å². The topological polar surface area (TPSA) is 35.8 Å². The second-order valence-corrected chi connectivity index (χ2v) is 4.07. The molecule has 2 aromatic rings. The Morgan fingerprint density at radius 1 is 1.38 bits per heavy atom. The van der Waals surface area contributed by atoms with Crippen molar-refractivity contribution < 1.29 is 4.39 Å². The highest BCUT2D eigenvalue weighted by Crippen LogP contribution is 2.15. The van der Waals surface area contributed by atoms with E-state index < -0.39 is 5.82 Å². The molecule has 0 spiro atoms. The summed E-state index contributed by atoms with van der Waals surface area (Å²) in [6, 6.07) is 8.36. The van der Waals surface area contributed by atoms with Crippen LogP contribution in [-0.2, 0) is 6.54 Å². The van der Waals surface area contributed by atoms with Crippen LogP contribution in [0.15, 0.2) is 35.0 Å². The minimum absolute atomic E-state index is 0.0876. The first-order valence-electron chi connectivity index (χ1n) is 4.74. The van der Waals surface area contributed by atoms with Gasteiger partial charge in [-0.1, -0.05) is 6.07 Å². The first-order chi connectivity index (χ1) is 7.79. The molecule has 0 atom stereocenters. The van der Waals surface area contributed by atoms with Crippen molar-refractivity contribution in [2.45, 2.75) is 6.54 Å². The van der Waals surface area contributed by atoms with E-state index in [0.29, 0.717) is 6.54 Å². The van der Waals surface area contributed by atoms with Crippen LogP contribution in [0.25, 0.3) is 0 Å². The van der Waals surface area contributed by atoms with E-state index in [1.807, 2.05) is 22.9 Å². The number of hydrogen-bond donors (Lipinski definition) is 1. The summed E-state index contributed by atoms with van der Waals surface area (Å²) >= 11 is 1.61. The minimum atomic E-state index is -0.471. The Labute approximate surface area is 97.0 Å². The number of hydrogen-bond acceptors (Lipinski definition) is 3. The Hall–Kier alpha value is -1.86. The maximum atomic E-state index is 13.0. The molecule has 0 unspecified atom stereocenters. The van der Waals surface area contributed by atoms with Crippen molar-refractivity contribution in [3.63, 3.8) is 0 Å². The monoisotopic (exact) mass is 232 g/mol. The Bertz CT molecular complexity index is 514. The fraction of sp³-hybridized carbons (Fsp3) is 0.0833. The molecule has 2 nitrogen and oxygen atoms in total. The van der Waals surface area contributed by atoms with Gasteiger partial charge in [0.2, 0.25) is 0 Å². The Morgan fingerprint density at radius 3 is 2.94 bits per heavy atom. The van der Waals surface area contributed by atoms with E-state index in [2.05, 4.69) is 5.32 Å². The molecule has 0 saturated carbocycles. The van der Waals surface area contributed by atoms with Crippen molar-refractivity contribution in [1.82, 2.24) is 0 Å². The fourth-order valence-electron chi connectivity index (χ4n) is 1.34. The van der Waals surface area contributed by atoms with E-state index in [4.69, 9.17) is 5.26 Å². The number of anilines is 1. The van der Waals surface area contributed by atoms with Gasteiger partial charge in [-0.3, -0.25) is 0 Å². The third-order valence-corrected chi connectivity index (χ3v) is 2.85. The predicted molar refractivity (Wildman–Crippen MR) is 62.8 cm³/mol. The van der Waals surface area contributed by atoms with Crippen LogP contribution >= 0.6 is 11.3 Å². The van der Waals surface area contributed by atoms with Crippen molar-refractivity contribution in [3.8, 4) is 6.07 Å². The number of rotatable bonds is 3. The molecule has 4 heteroatoms. The normalized spacial score (nSPS) is 9.75. The molecular weight excluding hydrogens is 223 g/mol. The molecule has 0 aliphatic rings. The Kier molecular flexibility index (Phi) is 3.18. The van der Waals surface area contributed by atoms with Crippen molar-refractivity contribution in [2.24, 2.45) is 0 Å². The van der Waals surface area contributed by atoms with Crippen LogP contribution in [0.1, 0.15) is 11.1 Å². The lowest BCUT2D eigenvalue weighted by Gasteiger charge is -2.04. The molecule has 0 bridgehead atoms. The average Bonchev–Trinajstić information content (AvgIpc) is 2.81. The number of nitriles is 1. The van der Waals surface area contributed by atoms with Gasteiger partial charge in [0.1, 0.15) is 11.9 Å². The molecule has 2 rings (SSSR count). The number of thiophene rings is 1. The van der Waals surface area contributed by atoms with E-state index in [0.717, 1.165) is 11.3 Å². The van der Waals surface area contributed by atoms with E-state index >= 15 is 0 Å². The van der Waals surface area contributed by atoms with Crippen LogP contribution in [0.5, 0.6) is 0 Å². The van der Waals surface area contributed by atoms with Gasteiger partial charge in [-0.2, -0.15) is 16.6 Å². The van der Waals surface area contributed by atoms with Gasteiger partial charge in [0, 0.05) is 17.6 Å². The lowest BCUT2D eigenvalue weighted by Crippen LogP contribution is -1.99. The number of halogens is 1. The highest BCUT2D eigenvalue weighted by molar-refractivity contribution is 7.08. The SMILES string of the molecule is N#Cc1cc(CNc2ccsc2)ccc1F. The van der Waals surface area contributed by atoms with Crippen LogP contribution in [0.4, 0.5) is 10.1 Å². The maximum Gasteiger partial charge on any atom is 0.140 e. The third kappa shape index (κ3) is 2.38. The first-order valence-corrected chi connectivity index (χ1v) is 5.68. The zero-order chi connectivity index (χ0) is 11.4. The average molecular weight is 232 g/mol. The molecule has 80 valence electrons. The molecule has 16 heavy (non-hydrogen) atoms. The first kappa shape index (κ1) is 10.7. The highest BCUT2D eigenvalue weighted by Gasteiger charge is 2.02. The fourth-order valence-corrected chi connectivity index (χ4v) is 1.95. The highest BCUT2D eigenvalue weighted by atomic mass is 32.1. The summed E-state index contributed by atoms with van der Waals surface area (Å²) in [5.41, 5.74) is 2.02.